The molecule has 0 N–H and O–H groups in total. The number of aromatic nitrogens is 4. The molecule has 0 saturated heterocycles. The van der Waals surface area contributed by atoms with Gasteiger partial charge in [0.15, 0.2) is 34.2 Å². The fourth-order valence-electron chi connectivity index (χ4n) is 2.66. The lowest BCUT2D eigenvalue weighted by atomic mass is 9.96. The molecule has 0 spiro atoms. The summed E-state index contributed by atoms with van der Waals surface area (Å²) in [6.07, 6.45) is -0.109. The predicted octanol–water partition coefficient (Wildman–Crippen LogP) is 0.725. The summed E-state index contributed by atoms with van der Waals surface area (Å²) in [5, 5.41) is 55.6. The Kier molecular flexibility index (Phi) is 5.17. The fourth-order valence-corrected chi connectivity index (χ4v) is 2.66. The Hall–Kier alpha value is -5.82. The number of aliphatic imine (C=N–C) groups is 2. The van der Waals surface area contributed by atoms with Gasteiger partial charge in [-0.2, -0.15) is 31.6 Å². The van der Waals surface area contributed by atoms with Gasteiger partial charge in [-0.1, -0.05) is 0 Å². The highest BCUT2D eigenvalue weighted by atomic mass is 15.0. The molecule has 2 aromatic heterocycles. The van der Waals surface area contributed by atoms with Crippen molar-refractivity contribution in [2.24, 2.45) is 9.98 Å². The molecule has 0 bridgehead atoms. The summed E-state index contributed by atoms with van der Waals surface area (Å²) in [4.78, 5) is 24.1. The maximum atomic E-state index is 9.37. The minimum Gasteiger partial charge on any atom is -0.251 e. The van der Waals surface area contributed by atoms with E-state index in [-0.39, 0.29) is 69.1 Å². The van der Waals surface area contributed by atoms with Crippen LogP contribution in [0.5, 0.6) is 0 Å². The Morgan fingerprint density at radius 1 is 0.677 bits per heavy atom. The Bertz CT molecular complexity index is 1480. The quantitative estimate of drug-likeness (QED) is 0.507. The molecular weight excluding hydrogens is 396 g/mol. The zero-order chi connectivity index (χ0) is 22.5. The summed E-state index contributed by atoms with van der Waals surface area (Å²) >= 11 is 0. The molecular formula is C19H4N12. The van der Waals surface area contributed by atoms with Crippen LogP contribution in [0.4, 0.5) is 0 Å². The molecule has 0 unspecified atom stereocenters. The van der Waals surface area contributed by atoms with Gasteiger partial charge in [-0.05, 0) is 6.72 Å². The normalized spacial score (nSPS) is 12.9. The average molecular weight is 400 g/mol. The molecule has 0 aliphatic heterocycles. The van der Waals surface area contributed by atoms with Crippen molar-refractivity contribution < 1.29 is 0 Å². The molecule has 3 rings (SSSR count). The molecule has 31 heavy (non-hydrogen) atoms. The maximum Gasteiger partial charge on any atom is 0.177 e. The first-order valence-electron chi connectivity index (χ1n) is 8.07. The Labute approximate surface area is 174 Å². The predicted molar refractivity (Wildman–Crippen MR) is 100.0 cm³/mol. The minimum atomic E-state index is -0.367. The van der Waals surface area contributed by atoms with E-state index >= 15 is 0 Å². The molecule has 2 aromatic rings. The minimum absolute atomic E-state index is 0.00796. The lowest BCUT2D eigenvalue weighted by Crippen LogP contribution is -2.22. The summed E-state index contributed by atoms with van der Waals surface area (Å²) in [6.45, 7) is 3.22. The van der Waals surface area contributed by atoms with Gasteiger partial charge < -0.3 is 0 Å². The van der Waals surface area contributed by atoms with E-state index in [0.717, 1.165) is 0 Å². The number of nitriles is 6. The number of rotatable bonds is 2. The third-order valence-corrected chi connectivity index (χ3v) is 3.96. The van der Waals surface area contributed by atoms with Crippen molar-refractivity contribution in [3.8, 4) is 47.8 Å². The highest BCUT2D eigenvalue weighted by Crippen LogP contribution is 2.31. The van der Waals surface area contributed by atoms with Gasteiger partial charge in [-0.15, -0.1) is 0 Å². The molecule has 1 aliphatic carbocycles. The molecule has 0 amide bonds. The molecule has 0 radical (unpaired) electrons. The van der Waals surface area contributed by atoms with E-state index < -0.39 is 0 Å². The molecule has 1 aliphatic rings. The lowest BCUT2D eigenvalue weighted by molar-refractivity contribution is 0.988. The van der Waals surface area contributed by atoms with Crippen LogP contribution >= 0.6 is 0 Å². The van der Waals surface area contributed by atoms with Crippen LogP contribution in [0.1, 0.15) is 34.2 Å². The molecule has 0 fully saturated rings. The van der Waals surface area contributed by atoms with E-state index in [9.17, 15) is 26.3 Å². The second-order valence-electron chi connectivity index (χ2n) is 5.60. The van der Waals surface area contributed by atoms with E-state index in [2.05, 4.69) is 36.6 Å². The topological polar surface area (TPSA) is 219 Å². The Balaban J connectivity index is 2.44. The molecule has 0 atom stereocenters. The van der Waals surface area contributed by atoms with Crippen molar-refractivity contribution in [2.45, 2.75) is 6.42 Å². The first-order chi connectivity index (χ1) is 15.0. The van der Waals surface area contributed by atoms with Gasteiger partial charge in [0, 0.05) is 6.42 Å². The van der Waals surface area contributed by atoms with Gasteiger partial charge in [-0.25, -0.2) is 24.9 Å². The summed E-state index contributed by atoms with van der Waals surface area (Å²) in [5.74, 6) is 0. The number of hydrogen-bond acceptors (Lipinski definition) is 12. The summed E-state index contributed by atoms with van der Waals surface area (Å²) in [5.41, 5.74) is -1.41. The van der Waals surface area contributed by atoms with Crippen molar-refractivity contribution >= 4 is 12.4 Å². The van der Waals surface area contributed by atoms with E-state index in [4.69, 9.17) is 5.26 Å². The van der Waals surface area contributed by atoms with Crippen LogP contribution < -0.4 is 0 Å². The van der Waals surface area contributed by atoms with Crippen LogP contribution in [0.2, 0.25) is 0 Å². The standard InChI is InChI=1S/C19H4N12/c1-26-11(3-20)12(4-21)27-9-2-10-18(29-14(6-23)13(5-22)28-10)19-17(9)30-15(7-24)16(8-25)31-19/h1-2H2/b12-11-,27-9?. The van der Waals surface area contributed by atoms with Crippen molar-refractivity contribution in [2.75, 3.05) is 0 Å². The molecule has 2 heterocycles. The van der Waals surface area contributed by atoms with Gasteiger partial charge in [0.2, 0.25) is 0 Å². The largest absolute Gasteiger partial charge is 0.251 e. The van der Waals surface area contributed by atoms with Gasteiger partial charge >= 0.3 is 0 Å². The highest BCUT2D eigenvalue weighted by molar-refractivity contribution is 6.08. The summed E-state index contributed by atoms with van der Waals surface area (Å²) in [7, 11) is 0. The van der Waals surface area contributed by atoms with Crippen LogP contribution in [0, 0.1) is 68.0 Å². The van der Waals surface area contributed by atoms with Crippen LogP contribution in [0.3, 0.4) is 0 Å². The van der Waals surface area contributed by atoms with Crippen molar-refractivity contribution in [1.82, 2.24) is 19.9 Å². The third-order valence-electron chi connectivity index (χ3n) is 3.96. The van der Waals surface area contributed by atoms with Gasteiger partial charge in [0.05, 0.1) is 11.4 Å². The molecule has 12 heteroatoms. The molecule has 0 aromatic carbocycles. The fraction of sp³-hybridized carbons (Fsp3) is 0.0526. The maximum absolute atomic E-state index is 9.37. The molecule has 0 saturated carbocycles. The van der Waals surface area contributed by atoms with Crippen molar-refractivity contribution in [3.05, 3.63) is 45.6 Å². The van der Waals surface area contributed by atoms with E-state index in [1.165, 1.54) is 0 Å². The SMILES string of the molecule is C=N/C(C#N)=C(/C#N)N=C1Cc2nc(C#N)c(C#N)nc2-c2nc(C#N)c(C#N)nc21. The van der Waals surface area contributed by atoms with Gasteiger partial charge in [0.1, 0.15) is 53.5 Å². The molecule has 12 nitrogen and oxygen atoms in total. The average Bonchev–Trinajstić information content (AvgIpc) is 2.82. The van der Waals surface area contributed by atoms with Gasteiger partial charge in [-0.3, -0.25) is 4.99 Å². The monoisotopic (exact) mass is 400 g/mol. The summed E-state index contributed by atoms with van der Waals surface area (Å²) in [6, 6.07) is 10.5. The number of allylic oxidation sites excluding steroid dienone is 2. The van der Waals surface area contributed by atoms with Crippen molar-refractivity contribution in [3.63, 3.8) is 0 Å². The highest BCUT2D eigenvalue weighted by Gasteiger charge is 2.30. The van der Waals surface area contributed by atoms with E-state index in [1.807, 2.05) is 0 Å². The van der Waals surface area contributed by atoms with Crippen LogP contribution in [0.15, 0.2) is 21.4 Å². The summed E-state index contributed by atoms with van der Waals surface area (Å²) < 4.78 is 0. The van der Waals surface area contributed by atoms with Gasteiger partial charge in [0.25, 0.3) is 0 Å². The zero-order valence-electron chi connectivity index (χ0n) is 15.3. The van der Waals surface area contributed by atoms with Crippen LogP contribution in [-0.2, 0) is 6.42 Å². The van der Waals surface area contributed by atoms with E-state index in [0.29, 0.717) is 0 Å². The number of nitrogens with zero attached hydrogens (tertiary/aromatic N) is 12. The smallest absolute Gasteiger partial charge is 0.177 e. The first kappa shape index (κ1) is 19.9. The second-order valence-corrected chi connectivity index (χ2v) is 5.60. The zero-order valence-corrected chi connectivity index (χ0v) is 15.3. The first-order valence-corrected chi connectivity index (χ1v) is 8.07. The van der Waals surface area contributed by atoms with Crippen LogP contribution in [-0.4, -0.2) is 32.4 Å². The lowest BCUT2D eigenvalue weighted by Gasteiger charge is -2.19. The Morgan fingerprint density at radius 3 is 1.65 bits per heavy atom. The second kappa shape index (κ2) is 8.05. The molecule has 140 valence electrons. The number of hydrogen-bond donors (Lipinski definition) is 0. The number of fused-ring (bicyclic) bond motifs is 3. The Morgan fingerprint density at radius 2 is 1.16 bits per heavy atom. The van der Waals surface area contributed by atoms with E-state index in [1.54, 1.807) is 36.4 Å². The van der Waals surface area contributed by atoms with Crippen molar-refractivity contribution in [1.29, 1.82) is 31.6 Å². The third kappa shape index (κ3) is 3.28. The van der Waals surface area contributed by atoms with Crippen LogP contribution in [0.25, 0.3) is 11.4 Å².